The van der Waals surface area contributed by atoms with Gasteiger partial charge < -0.3 is 10.2 Å². The Bertz CT molecular complexity index is 859. The van der Waals surface area contributed by atoms with Gasteiger partial charge >= 0.3 is 0 Å². The first kappa shape index (κ1) is 20.4. The number of nitrogens with zero attached hydrogens (tertiary/aromatic N) is 1. The van der Waals surface area contributed by atoms with Crippen LogP contribution < -0.4 is 5.32 Å². The summed E-state index contributed by atoms with van der Waals surface area (Å²) in [5, 5.41) is 3.58. The minimum atomic E-state index is -0.582. The van der Waals surface area contributed by atoms with Gasteiger partial charge in [-0.25, -0.2) is 0 Å². The predicted molar refractivity (Wildman–Crippen MR) is 114 cm³/mol. The lowest BCUT2D eigenvalue weighted by atomic mass is 9.77. The summed E-state index contributed by atoms with van der Waals surface area (Å²) in [6.45, 7) is 2.08. The van der Waals surface area contributed by atoms with Gasteiger partial charge in [-0.05, 0) is 48.6 Å². The number of rotatable bonds is 6. The van der Waals surface area contributed by atoms with Gasteiger partial charge in [0.25, 0.3) is 0 Å². The number of likely N-dealkylation sites (N-methyl/N-ethyl adjacent to an activating group) is 1. The second kappa shape index (κ2) is 8.78. The predicted octanol–water partition coefficient (Wildman–Crippen LogP) is 4.81. The van der Waals surface area contributed by atoms with E-state index in [0.717, 1.165) is 48.9 Å². The van der Waals surface area contributed by atoms with Crippen molar-refractivity contribution in [1.82, 2.24) is 4.90 Å². The van der Waals surface area contributed by atoms with E-state index >= 15 is 0 Å². The molecule has 148 valence electrons. The number of anilines is 1. The molecule has 4 nitrogen and oxygen atoms in total. The molecule has 2 aromatic rings. The van der Waals surface area contributed by atoms with Gasteiger partial charge in [0.1, 0.15) is 0 Å². The summed E-state index contributed by atoms with van der Waals surface area (Å²) in [6, 6.07) is 15.3. The third kappa shape index (κ3) is 4.22. The Balaban J connectivity index is 1.74. The van der Waals surface area contributed by atoms with Crippen molar-refractivity contribution in [3.63, 3.8) is 0 Å². The van der Waals surface area contributed by atoms with Gasteiger partial charge in [0.15, 0.2) is 0 Å². The van der Waals surface area contributed by atoms with Crippen LogP contribution in [0.4, 0.5) is 5.69 Å². The van der Waals surface area contributed by atoms with Crippen LogP contribution in [0.3, 0.4) is 0 Å². The van der Waals surface area contributed by atoms with E-state index in [1.165, 1.54) is 0 Å². The van der Waals surface area contributed by atoms with Crippen LogP contribution in [0.15, 0.2) is 48.5 Å². The largest absolute Gasteiger partial charge is 0.336 e. The van der Waals surface area contributed by atoms with Gasteiger partial charge in [-0.15, -0.1) is 0 Å². The van der Waals surface area contributed by atoms with E-state index in [-0.39, 0.29) is 18.4 Å². The minimum Gasteiger partial charge on any atom is -0.336 e. The summed E-state index contributed by atoms with van der Waals surface area (Å²) >= 11 is 6.18. The molecule has 1 N–H and O–H groups in total. The number of hydrogen-bond donors (Lipinski definition) is 1. The van der Waals surface area contributed by atoms with Crippen molar-refractivity contribution in [3.8, 4) is 0 Å². The summed E-state index contributed by atoms with van der Waals surface area (Å²) in [5.74, 6) is -0.192. The van der Waals surface area contributed by atoms with Gasteiger partial charge in [-0.1, -0.05) is 61.7 Å². The quantitative estimate of drug-likeness (QED) is 0.758. The Labute approximate surface area is 171 Å². The number of carbonyl (C=O) groups is 2. The molecule has 1 saturated carbocycles. The highest BCUT2D eigenvalue weighted by atomic mass is 35.5. The molecule has 5 heteroatoms. The third-order valence-corrected chi connectivity index (χ3v) is 5.88. The molecule has 0 spiro atoms. The molecule has 0 aliphatic heterocycles. The molecule has 2 amide bonds. The second-order valence-electron chi connectivity index (χ2n) is 7.52. The van der Waals surface area contributed by atoms with Gasteiger partial charge in [-0.3, -0.25) is 9.59 Å². The van der Waals surface area contributed by atoms with Crippen molar-refractivity contribution in [3.05, 3.63) is 64.7 Å². The molecule has 2 aromatic carbocycles. The zero-order valence-electron chi connectivity index (χ0n) is 16.5. The smallest absolute Gasteiger partial charge is 0.243 e. The van der Waals surface area contributed by atoms with E-state index in [1.54, 1.807) is 11.9 Å². The van der Waals surface area contributed by atoms with Crippen molar-refractivity contribution in [1.29, 1.82) is 0 Å². The fraction of sp³-hybridized carbons (Fsp3) is 0.391. The zero-order valence-corrected chi connectivity index (χ0v) is 17.3. The maximum atomic E-state index is 13.4. The van der Waals surface area contributed by atoms with E-state index in [0.29, 0.717) is 5.02 Å². The zero-order chi connectivity index (χ0) is 20.1. The Morgan fingerprint density at radius 1 is 1.11 bits per heavy atom. The van der Waals surface area contributed by atoms with Crippen LogP contribution in [0.5, 0.6) is 0 Å². The molecule has 0 aromatic heterocycles. The van der Waals surface area contributed by atoms with Crippen molar-refractivity contribution in [2.75, 3.05) is 18.9 Å². The Morgan fingerprint density at radius 2 is 1.82 bits per heavy atom. The molecule has 28 heavy (non-hydrogen) atoms. The van der Waals surface area contributed by atoms with Crippen LogP contribution in [0.1, 0.15) is 43.7 Å². The maximum absolute atomic E-state index is 13.4. The maximum Gasteiger partial charge on any atom is 0.243 e. The summed E-state index contributed by atoms with van der Waals surface area (Å²) in [4.78, 5) is 27.5. The molecule has 0 atom stereocenters. The summed E-state index contributed by atoms with van der Waals surface area (Å²) in [7, 11) is 1.71. The topological polar surface area (TPSA) is 49.4 Å². The van der Waals surface area contributed by atoms with Crippen LogP contribution in [-0.4, -0.2) is 30.3 Å². The highest BCUT2D eigenvalue weighted by Gasteiger charge is 2.44. The molecule has 0 heterocycles. The minimum absolute atomic E-state index is 0.00815. The van der Waals surface area contributed by atoms with Gasteiger partial charge in [-0.2, -0.15) is 0 Å². The summed E-state index contributed by atoms with van der Waals surface area (Å²) < 4.78 is 0. The van der Waals surface area contributed by atoms with Crippen molar-refractivity contribution in [2.45, 2.75) is 44.4 Å². The molecule has 1 aliphatic rings. The van der Waals surface area contributed by atoms with Gasteiger partial charge in [0.05, 0.1) is 12.0 Å². The highest BCUT2D eigenvalue weighted by molar-refractivity contribution is 6.30. The number of carbonyl (C=O) groups excluding carboxylic acids is 2. The van der Waals surface area contributed by atoms with E-state index in [1.807, 2.05) is 48.5 Å². The molecule has 0 radical (unpaired) electrons. The lowest BCUT2D eigenvalue weighted by Gasteiger charge is -2.33. The Hall–Kier alpha value is -2.33. The van der Waals surface area contributed by atoms with E-state index in [4.69, 9.17) is 11.6 Å². The number of para-hydroxylation sites is 1. The first-order valence-electron chi connectivity index (χ1n) is 9.85. The molecular formula is C23H27ClN2O2. The molecular weight excluding hydrogens is 372 g/mol. The van der Waals surface area contributed by atoms with Gasteiger partial charge in [0, 0.05) is 17.8 Å². The average molecular weight is 399 g/mol. The monoisotopic (exact) mass is 398 g/mol. The molecule has 1 aliphatic carbocycles. The third-order valence-electron chi connectivity index (χ3n) is 5.64. The number of benzene rings is 2. The lowest BCUT2D eigenvalue weighted by Crippen LogP contribution is -2.46. The normalized spacial score (nSPS) is 15.2. The highest BCUT2D eigenvalue weighted by Crippen LogP contribution is 2.43. The number of nitrogens with one attached hydrogen (secondary N) is 1. The molecule has 0 saturated heterocycles. The Kier molecular flexibility index (Phi) is 6.40. The molecule has 0 bridgehead atoms. The van der Waals surface area contributed by atoms with Crippen molar-refractivity contribution < 1.29 is 9.59 Å². The average Bonchev–Trinajstić information content (AvgIpc) is 3.18. The van der Waals surface area contributed by atoms with E-state index in [2.05, 4.69) is 12.2 Å². The SMILES string of the molecule is CCc1ccccc1NC(=O)CN(C)C(=O)C1(c2cccc(Cl)c2)CCCC1. The van der Waals surface area contributed by atoms with Gasteiger partial charge in [0.2, 0.25) is 11.8 Å². The van der Waals surface area contributed by atoms with Crippen LogP contribution in [-0.2, 0) is 21.4 Å². The molecule has 0 unspecified atom stereocenters. The fourth-order valence-corrected chi connectivity index (χ4v) is 4.37. The summed E-state index contributed by atoms with van der Waals surface area (Å²) in [6.07, 6.45) is 4.42. The first-order valence-corrected chi connectivity index (χ1v) is 10.2. The van der Waals surface area contributed by atoms with Crippen molar-refractivity contribution >= 4 is 29.1 Å². The fourth-order valence-electron chi connectivity index (χ4n) is 4.18. The van der Waals surface area contributed by atoms with Crippen LogP contribution in [0.25, 0.3) is 0 Å². The number of hydrogen-bond acceptors (Lipinski definition) is 2. The molecule has 1 fully saturated rings. The number of aryl methyl sites for hydroxylation is 1. The van der Waals surface area contributed by atoms with E-state index in [9.17, 15) is 9.59 Å². The second-order valence-corrected chi connectivity index (χ2v) is 7.96. The lowest BCUT2D eigenvalue weighted by molar-refractivity contribution is -0.138. The number of halogens is 1. The molecule has 3 rings (SSSR count). The van der Waals surface area contributed by atoms with Crippen molar-refractivity contribution in [2.24, 2.45) is 0 Å². The van der Waals surface area contributed by atoms with E-state index < -0.39 is 5.41 Å². The Morgan fingerprint density at radius 3 is 2.50 bits per heavy atom. The summed E-state index contributed by atoms with van der Waals surface area (Å²) in [5.41, 5.74) is 2.25. The van der Waals surface area contributed by atoms with Crippen LogP contribution in [0, 0.1) is 0 Å². The first-order chi connectivity index (χ1) is 13.5. The standard InChI is InChI=1S/C23H27ClN2O2/c1-3-17-9-4-5-12-20(17)25-21(27)16-26(2)22(28)23(13-6-7-14-23)18-10-8-11-19(24)15-18/h4-5,8-12,15H,3,6-7,13-14,16H2,1-2H3,(H,25,27). The number of amides is 2. The van der Waals surface area contributed by atoms with Crippen LogP contribution >= 0.6 is 11.6 Å². The van der Waals surface area contributed by atoms with Crippen LogP contribution in [0.2, 0.25) is 5.02 Å².